The van der Waals surface area contributed by atoms with Crippen molar-refractivity contribution in [2.75, 3.05) is 13.3 Å². The van der Waals surface area contributed by atoms with Crippen LogP contribution in [0.3, 0.4) is 0 Å². The molecule has 0 amide bonds. The maximum atomic E-state index is 2.60. The van der Waals surface area contributed by atoms with E-state index in [9.17, 15) is 0 Å². The van der Waals surface area contributed by atoms with Crippen LogP contribution in [0.25, 0.3) is 0 Å². The average molecular weight is 422 g/mol. The first kappa shape index (κ1) is 13.5. The molecule has 0 N–H and O–H groups in total. The van der Waals surface area contributed by atoms with E-state index in [0.717, 1.165) is 3.42 Å². The fraction of sp³-hybridized carbons (Fsp3) is 1.00. The average Bonchev–Trinajstić information content (AvgIpc) is 2.18. The van der Waals surface area contributed by atoms with Crippen LogP contribution in [0.2, 0.25) is 0 Å². The van der Waals surface area contributed by atoms with Gasteiger partial charge in [0, 0.05) is 0 Å². The van der Waals surface area contributed by atoms with Crippen LogP contribution < -0.4 is 42.4 Å². The fourth-order valence-electron chi connectivity index (χ4n) is 1.78. The molecule has 1 aliphatic rings. The summed E-state index contributed by atoms with van der Waals surface area (Å²) in [4.78, 5) is 0. The molecule has 0 aliphatic carbocycles. The summed E-state index contributed by atoms with van der Waals surface area (Å²) in [5.41, 5.74) is 0. The summed E-state index contributed by atoms with van der Waals surface area (Å²) in [6.07, 6.45) is 9.04. The third kappa shape index (κ3) is 5.52. The van der Waals surface area contributed by atoms with Crippen molar-refractivity contribution in [2.45, 2.75) is 55.8 Å². The Morgan fingerprint density at radius 1 is 1.29 bits per heavy atom. The Balaban J connectivity index is 2.03. The molecule has 0 radical (unpaired) electrons. The Morgan fingerprint density at radius 3 is 2.79 bits per heavy atom. The van der Waals surface area contributed by atoms with Gasteiger partial charge in [0.15, 0.2) is 0 Å². The van der Waals surface area contributed by atoms with Crippen molar-refractivity contribution in [1.29, 1.82) is 0 Å². The molecular formula is C12H24I2-2. The minimum absolute atomic E-state index is 0.530. The molecule has 0 nitrogen and oxygen atoms in total. The number of unbranched alkanes of at least 4 members (excludes halogenated alkanes) is 3. The van der Waals surface area contributed by atoms with Crippen LogP contribution in [-0.2, 0) is 0 Å². The van der Waals surface area contributed by atoms with E-state index < -0.39 is 0 Å². The van der Waals surface area contributed by atoms with Gasteiger partial charge in [0.2, 0.25) is 0 Å². The number of rotatable bonds is 6. The van der Waals surface area contributed by atoms with Crippen LogP contribution in [0.5, 0.6) is 0 Å². The monoisotopic (exact) mass is 422 g/mol. The zero-order chi connectivity index (χ0) is 10.3. The molecular weight excluding hydrogens is 398 g/mol. The Bertz CT molecular complexity index is 139. The summed E-state index contributed by atoms with van der Waals surface area (Å²) < 4.78 is 5.77. The Morgan fingerprint density at radius 2 is 2.14 bits per heavy atom. The predicted octanol–water partition coefficient (Wildman–Crippen LogP) is -2.70. The predicted molar refractivity (Wildman–Crippen MR) is 56.4 cm³/mol. The first-order chi connectivity index (χ1) is 6.77. The maximum absolute atomic E-state index is 2.60. The molecule has 1 atom stereocenters. The first-order valence-corrected chi connectivity index (χ1v) is 11.6. The van der Waals surface area contributed by atoms with Gasteiger partial charge in [0.05, 0.1) is 0 Å². The van der Waals surface area contributed by atoms with Gasteiger partial charge in [-0.3, -0.25) is 0 Å². The Labute approximate surface area is 111 Å². The second-order valence-corrected chi connectivity index (χ2v) is 11.8. The van der Waals surface area contributed by atoms with Crippen LogP contribution in [0.1, 0.15) is 52.4 Å². The molecule has 88 valence electrons. The molecule has 1 unspecified atom stereocenters. The molecule has 1 saturated heterocycles. The third-order valence-corrected chi connectivity index (χ3v) is 12.0. The molecule has 0 aromatic rings. The van der Waals surface area contributed by atoms with Gasteiger partial charge in [-0.25, -0.2) is 0 Å². The van der Waals surface area contributed by atoms with Crippen molar-refractivity contribution in [2.24, 2.45) is 0 Å². The SMILES string of the molecule is CCCCCC[I-]C1(C)CCC[I-]C1. The van der Waals surface area contributed by atoms with Crippen molar-refractivity contribution in [3.63, 3.8) is 0 Å². The summed E-state index contributed by atoms with van der Waals surface area (Å²) in [6, 6.07) is 0. The van der Waals surface area contributed by atoms with E-state index in [2.05, 4.69) is 13.8 Å². The molecule has 14 heavy (non-hydrogen) atoms. The van der Waals surface area contributed by atoms with E-state index in [4.69, 9.17) is 0 Å². The van der Waals surface area contributed by atoms with Gasteiger partial charge in [0.1, 0.15) is 0 Å². The molecule has 1 fully saturated rings. The first-order valence-electron chi connectivity index (χ1n) is 5.90. The standard InChI is InChI=1S/C12H24I2/c1-3-4-5-6-10-14-12(2)8-7-9-13-11-12/h3-11H2,1-2H3/q-2. The van der Waals surface area contributed by atoms with Crippen LogP contribution >= 0.6 is 0 Å². The fourth-order valence-corrected chi connectivity index (χ4v) is 10.5. The molecule has 1 heterocycles. The van der Waals surface area contributed by atoms with Crippen LogP contribution in [0.15, 0.2) is 0 Å². The van der Waals surface area contributed by atoms with Gasteiger partial charge >= 0.3 is 111 Å². The number of halogens is 2. The van der Waals surface area contributed by atoms with Gasteiger partial charge in [-0.2, -0.15) is 0 Å². The topological polar surface area (TPSA) is 0 Å². The van der Waals surface area contributed by atoms with Crippen molar-refractivity contribution >= 4 is 0 Å². The minimum atomic E-state index is 0.530. The van der Waals surface area contributed by atoms with E-state index >= 15 is 0 Å². The summed E-state index contributed by atoms with van der Waals surface area (Å²) >= 11 is 1.15. The van der Waals surface area contributed by atoms with Crippen molar-refractivity contribution in [1.82, 2.24) is 0 Å². The summed E-state index contributed by atoms with van der Waals surface area (Å²) in [5, 5.41) is 0. The van der Waals surface area contributed by atoms with Gasteiger partial charge in [-0.15, -0.1) is 0 Å². The molecule has 1 aliphatic heterocycles. The number of hydrogen-bond acceptors (Lipinski definition) is 0. The third-order valence-electron chi connectivity index (χ3n) is 2.74. The Kier molecular flexibility index (Phi) is 7.43. The molecule has 0 bridgehead atoms. The second kappa shape index (κ2) is 7.69. The van der Waals surface area contributed by atoms with Gasteiger partial charge in [-0.05, 0) is 0 Å². The number of alkyl halides is 4. The second-order valence-electron chi connectivity index (χ2n) is 4.41. The van der Waals surface area contributed by atoms with E-state index in [1.165, 1.54) is 25.7 Å². The van der Waals surface area contributed by atoms with Crippen LogP contribution in [-0.4, -0.2) is 16.7 Å². The Hall–Kier alpha value is 1.46. The van der Waals surface area contributed by atoms with Gasteiger partial charge in [0.25, 0.3) is 0 Å². The molecule has 0 spiro atoms. The summed E-state index contributed by atoms with van der Waals surface area (Å²) in [5.74, 6) is 0. The van der Waals surface area contributed by atoms with E-state index in [0.29, 0.717) is 42.4 Å². The zero-order valence-electron chi connectivity index (χ0n) is 9.62. The number of hydrogen-bond donors (Lipinski definition) is 0. The van der Waals surface area contributed by atoms with Crippen LogP contribution in [0, 0.1) is 0 Å². The van der Waals surface area contributed by atoms with E-state index in [-0.39, 0.29) is 0 Å². The van der Waals surface area contributed by atoms with Crippen molar-refractivity contribution in [3.05, 3.63) is 0 Å². The molecule has 1 rings (SSSR count). The quantitative estimate of drug-likeness (QED) is 0.249. The molecule has 0 aromatic heterocycles. The van der Waals surface area contributed by atoms with Gasteiger partial charge in [-0.1, -0.05) is 0 Å². The van der Waals surface area contributed by atoms with Crippen molar-refractivity contribution in [3.8, 4) is 0 Å². The molecule has 0 aromatic carbocycles. The summed E-state index contributed by atoms with van der Waals surface area (Å²) in [7, 11) is 0. The normalized spacial score (nSPS) is 28.7. The molecule has 0 saturated carbocycles. The summed E-state index contributed by atoms with van der Waals surface area (Å²) in [6.45, 7) is 4.90. The zero-order valence-corrected chi connectivity index (χ0v) is 13.9. The van der Waals surface area contributed by atoms with E-state index in [1.807, 2.05) is 0 Å². The molecule has 2 heteroatoms. The van der Waals surface area contributed by atoms with Crippen LogP contribution in [0.4, 0.5) is 0 Å². The van der Waals surface area contributed by atoms with Crippen molar-refractivity contribution < 1.29 is 42.4 Å². The van der Waals surface area contributed by atoms with E-state index in [1.54, 1.807) is 26.1 Å². The van der Waals surface area contributed by atoms with Gasteiger partial charge < -0.3 is 0 Å².